The Morgan fingerprint density at radius 2 is 1.95 bits per heavy atom. The highest BCUT2D eigenvalue weighted by molar-refractivity contribution is 5.30. The van der Waals surface area contributed by atoms with Gasteiger partial charge in [0, 0.05) is 19.1 Å². The average Bonchev–Trinajstić information content (AvgIpc) is 2.41. The van der Waals surface area contributed by atoms with E-state index in [0.29, 0.717) is 5.75 Å². The van der Waals surface area contributed by atoms with Crippen molar-refractivity contribution in [3.8, 4) is 5.75 Å². The number of aliphatic hydroxyl groups excluding tert-OH is 1. The molecule has 7 heteroatoms. The molecule has 0 saturated carbocycles. The van der Waals surface area contributed by atoms with Crippen molar-refractivity contribution in [2.75, 3.05) is 34.3 Å². The van der Waals surface area contributed by atoms with Crippen LogP contribution in [0.5, 0.6) is 5.75 Å². The number of hydrogen-bond acceptors (Lipinski definition) is 4. The summed E-state index contributed by atoms with van der Waals surface area (Å²) in [5.41, 5.74) is 0.924. The van der Waals surface area contributed by atoms with Gasteiger partial charge in [-0.1, -0.05) is 12.1 Å². The van der Waals surface area contributed by atoms with Crippen molar-refractivity contribution in [2.45, 2.75) is 18.3 Å². The lowest BCUT2D eigenvalue weighted by atomic mass is 10.1. The van der Waals surface area contributed by atoms with Gasteiger partial charge in [-0.05, 0) is 31.8 Å². The molecule has 2 N–H and O–H groups in total. The van der Waals surface area contributed by atoms with Crippen LogP contribution < -0.4 is 10.1 Å². The van der Waals surface area contributed by atoms with Crippen LogP contribution in [0.4, 0.5) is 13.2 Å². The largest absolute Gasteiger partial charge is 0.497 e. The second-order valence-electron chi connectivity index (χ2n) is 4.97. The summed E-state index contributed by atoms with van der Waals surface area (Å²) >= 11 is 0. The minimum atomic E-state index is -4.60. The zero-order valence-electron chi connectivity index (χ0n) is 12.3. The summed E-state index contributed by atoms with van der Waals surface area (Å²) in [5, 5.41) is 11.6. The van der Waals surface area contributed by atoms with Crippen molar-refractivity contribution in [1.29, 1.82) is 0 Å². The molecule has 0 aliphatic heterocycles. The van der Waals surface area contributed by atoms with Crippen molar-refractivity contribution < 1.29 is 23.0 Å². The summed E-state index contributed by atoms with van der Waals surface area (Å²) < 4.78 is 41.9. The van der Waals surface area contributed by atoms with Gasteiger partial charge in [0.1, 0.15) is 5.75 Å². The third-order valence-corrected chi connectivity index (χ3v) is 3.16. The first-order valence-electron chi connectivity index (χ1n) is 6.51. The molecule has 1 aromatic carbocycles. The molecule has 4 nitrogen and oxygen atoms in total. The van der Waals surface area contributed by atoms with Crippen molar-refractivity contribution in [3.05, 3.63) is 29.8 Å². The van der Waals surface area contributed by atoms with Crippen LogP contribution in [0.25, 0.3) is 0 Å². The van der Waals surface area contributed by atoms with Crippen LogP contribution in [0, 0.1) is 0 Å². The van der Waals surface area contributed by atoms with E-state index in [1.165, 1.54) is 0 Å². The number of ether oxygens (including phenoxy) is 1. The van der Waals surface area contributed by atoms with Crippen molar-refractivity contribution in [3.63, 3.8) is 0 Å². The van der Waals surface area contributed by atoms with Crippen LogP contribution in [0.3, 0.4) is 0 Å². The minimum Gasteiger partial charge on any atom is -0.497 e. The summed E-state index contributed by atoms with van der Waals surface area (Å²) in [6.45, 7) is -0.245. The molecule has 0 aliphatic rings. The number of methoxy groups -OCH3 is 1. The van der Waals surface area contributed by atoms with E-state index in [2.05, 4.69) is 5.32 Å². The van der Waals surface area contributed by atoms with E-state index in [0.717, 1.165) is 5.56 Å². The first-order valence-corrected chi connectivity index (χ1v) is 6.51. The van der Waals surface area contributed by atoms with E-state index in [1.54, 1.807) is 13.2 Å². The Morgan fingerprint density at radius 3 is 2.48 bits per heavy atom. The number of aliphatic hydroxyl groups is 1. The molecule has 1 rings (SSSR count). The van der Waals surface area contributed by atoms with Gasteiger partial charge in [0.25, 0.3) is 0 Å². The highest BCUT2D eigenvalue weighted by Gasteiger charge is 2.37. The van der Waals surface area contributed by atoms with Gasteiger partial charge in [0.05, 0.1) is 7.11 Å². The van der Waals surface area contributed by atoms with Gasteiger partial charge in [0.15, 0.2) is 6.10 Å². The van der Waals surface area contributed by atoms with Crippen LogP contribution in [0.15, 0.2) is 24.3 Å². The molecule has 0 radical (unpaired) electrons. The third kappa shape index (κ3) is 5.53. The average molecular weight is 306 g/mol. The summed E-state index contributed by atoms with van der Waals surface area (Å²) in [4.78, 5) is 1.89. The van der Waals surface area contributed by atoms with Crippen molar-refractivity contribution >= 4 is 0 Å². The lowest BCUT2D eigenvalue weighted by molar-refractivity contribution is -0.201. The van der Waals surface area contributed by atoms with Crippen LogP contribution in [-0.4, -0.2) is 56.6 Å². The fourth-order valence-corrected chi connectivity index (χ4v) is 1.92. The number of halogens is 3. The maximum Gasteiger partial charge on any atom is 0.415 e. The second-order valence-corrected chi connectivity index (χ2v) is 4.97. The molecule has 0 spiro atoms. The van der Waals surface area contributed by atoms with E-state index in [9.17, 15) is 13.2 Å². The first kappa shape index (κ1) is 17.7. The lowest BCUT2D eigenvalue weighted by Gasteiger charge is -2.26. The Labute approximate surface area is 122 Å². The number of nitrogens with one attached hydrogen (secondary N) is 1. The Balaban J connectivity index is 2.66. The van der Waals surface area contributed by atoms with Crippen molar-refractivity contribution in [2.24, 2.45) is 0 Å². The normalized spacial score (nSPS) is 15.0. The van der Waals surface area contributed by atoms with Gasteiger partial charge in [-0.3, -0.25) is 0 Å². The highest BCUT2D eigenvalue weighted by atomic mass is 19.4. The molecule has 2 unspecified atom stereocenters. The van der Waals surface area contributed by atoms with Gasteiger partial charge < -0.3 is 20.1 Å². The molecule has 0 fully saturated rings. The molecule has 0 bridgehead atoms. The van der Waals surface area contributed by atoms with E-state index in [1.807, 2.05) is 37.2 Å². The summed E-state index contributed by atoms with van der Waals surface area (Å²) in [5.74, 6) is 0.690. The number of hydrogen-bond donors (Lipinski definition) is 2. The zero-order chi connectivity index (χ0) is 16.0. The molecule has 0 amide bonds. The number of likely N-dealkylation sites (N-methyl/N-ethyl adjacent to an activating group) is 1. The number of alkyl halides is 3. The predicted octanol–water partition coefficient (Wildman–Crippen LogP) is 1.81. The van der Waals surface area contributed by atoms with Crippen LogP contribution in [-0.2, 0) is 0 Å². The standard InChI is InChI=1S/C14H21F3N2O2/c1-19(2)12(8-18-9-13(20)14(15,16)17)10-5-4-6-11(7-10)21-3/h4-7,12-13,18,20H,8-9H2,1-3H3. The molecule has 0 aliphatic carbocycles. The van der Waals surface area contributed by atoms with Crippen LogP contribution in [0.1, 0.15) is 11.6 Å². The molecule has 1 aromatic rings. The van der Waals surface area contributed by atoms with E-state index < -0.39 is 18.8 Å². The Morgan fingerprint density at radius 1 is 1.29 bits per heavy atom. The first-order chi connectivity index (χ1) is 9.75. The molecule has 120 valence electrons. The number of benzene rings is 1. The maximum atomic E-state index is 12.2. The highest BCUT2D eigenvalue weighted by Crippen LogP contribution is 2.23. The number of nitrogens with zero attached hydrogens (tertiary/aromatic N) is 1. The monoisotopic (exact) mass is 306 g/mol. The summed E-state index contributed by atoms with van der Waals surface area (Å²) in [6.07, 6.45) is -6.96. The third-order valence-electron chi connectivity index (χ3n) is 3.16. The molecule has 0 saturated heterocycles. The minimum absolute atomic E-state index is 0.125. The fourth-order valence-electron chi connectivity index (χ4n) is 1.92. The molecular weight excluding hydrogens is 285 g/mol. The lowest BCUT2D eigenvalue weighted by Crippen LogP contribution is -2.41. The quantitative estimate of drug-likeness (QED) is 0.806. The SMILES string of the molecule is COc1cccc(C(CNCC(O)C(F)(F)F)N(C)C)c1. The topological polar surface area (TPSA) is 44.7 Å². The van der Waals surface area contributed by atoms with Gasteiger partial charge >= 0.3 is 6.18 Å². The Bertz CT molecular complexity index is 438. The van der Waals surface area contributed by atoms with E-state index in [4.69, 9.17) is 9.84 Å². The van der Waals surface area contributed by atoms with Crippen molar-refractivity contribution in [1.82, 2.24) is 10.2 Å². The smallest absolute Gasteiger partial charge is 0.415 e. The van der Waals surface area contributed by atoms with Gasteiger partial charge in [-0.15, -0.1) is 0 Å². The summed E-state index contributed by atoms with van der Waals surface area (Å²) in [6, 6.07) is 7.23. The second kappa shape index (κ2) is 7.63. The molecule has 2 atom stereocenters. The van der Waals surface area contributed by atoms with Gasteiger partial charge in [0.2, 0.25) is 0 Å². The Kier molecular flexibility index (Phi) is 6.44. The van der Waals surface area contributed by atoms with E-state index in [-0.39, 0.29) is 12.6 Å². The fraction of sp³-hybridized carbons (Fsp3) is 0.571. The van der Waals surface area contributed by atoms with Crippen LogP contribution in [0.2, 0.25) is 0 Å². The molecule has 0 heterocycles. The molecule has 21 heavy (non-hydrogen) atoms. The van der Waals surface area contributed by atoms with Gasteiger partial charge in [-0.25, -0.2) is 0 Å². The van der Waals surface area contributed by atoms with E-state index >= 15 is 0 Å². The predicted molar refractivity (Wildman–Crippen MR) is 74.4 cm³/mol. The molecular formula is C14H21F3N2O2. The maximum absolute atomic E-state index is 12.2. The zero-order valence-corrected chi connectivity index (χ0v) is 12.3. The summed E-state index contributed by atoms with van der Waals surface area (Å²) in [7, 11) is 5.24. The van der Waals surface area contributed by atoms with Gasteiger partial charge in [-0.2, -0.15) is 13.2 Å². The van der Waals surface area contributed by atoms with Crippen LogP contribution >= 0.6 is 0 Å². The Hall–Kier alpha value is -1.31. The molecule has 0 aromatic heterocycles. The number of rotatable bonds is 7.